The smallest absolute Gasteiger partial charge is 0.151 e. The summed E-state index contributed by atoms with van der Waals surface area (Å²) in [6.07, 6.45) is 0.836. The fourth-order valence-corrected chi connectivity index (χ4v) is 1.28. The average Bonchev–Trinajstić information content (AvgIpc) is 2.17. The second-order valence-corrected chi connectivity index (χ2v) is 2.60. The number of hydrogen-bond donors (Lipinski definition) is 0. The van der Waals surface area contributed by atoms with Gasteiger partial charge in [-0.2, -0.15) is 0 Å². The quantitative estimate of drug-likeness (QED) is 0.578. The molecule has 1 heteroatoms. The van der Waals surface area contributed by atoms with Crippen LogP contribution in [0.2, 0.25) is 0 Å². The predicted octanol–water partition coefficient (Wildman–Crippen LogP) is 2.45. The molecular formula is C11H7O. The maximum Gasteiger partial charge on any atom is 0.151 e. The highest BCUT2D eigenvalue weighted by Crippen LogP contribution is 2.15. The van der Waals surface area contributed by atoms with Gasteiger partial charge in [0.05, 0.1) is 0 Å². The lowest BCUT2D eigenvalue weighted by atomic mass is 10.1. The van der Waals surface area contributed by atoms with Crippen LogP contribution in [-0.2, 0) is 0 Å². The SMILES string of the molecule is O=Cc1[c]ccc2ccccc12. The minimum Gasteiger partial charge on any atom is -0.298 e. The number of carbonyl (C=O) groups excluding carboxylic acids is 1. The van der Waals surface area contributed by atoms with Crippen LogP contribution in [0, 0.1) is 6.07 Å². The molecule has 0 spiro atoms. The molecular weight excluding hydrogens is 148 g/mol. The lowest BCUT2D eigenvalue weighted by Crippen LogP contribution is -1.81. The van der Waals surface area contributed by atoms with E-state index in [4.69, 9.17) is 0 Å². The first-order valence-electron chi connectivity index (χ1n) is 3.76. The highest BCUT2D eigenvalue weighted by atomic mass is 16.1. The molecule has 0 fully saturated rings. The van der Waals surface area contributed by atoms with Crippen molar-refractivity contribution >= 4 is 17.1 Å². The number of fused-ring (bicyclic) bond motifs is 1. The Hall–Kier alpha value is -1.63. The van der Waals surface area contributed by atoms with Gasteiger partial charge in [-0.1, -0.05) is 36.4 Å². The molecule has 1 nitrogen and oxygen atoms in total. The van der Waals surface area contributed by atoms with Gasteiger partial charge < -0.3 is 0 Å². The van der Waals surface area contributed by atoms with Gasteiger partial charge in [0.15, 0.2) is 6.29 Å². The molecule has 57 valence electrons. The molecule has 0 unspecified atom stereocenters. The zero-order valence-electron chi connectivity index (χ0n) is 6.45. The van der Waals surface area contributed by atoms with Crippen LogP contribution < -0.4 is 0 Å². The summed E-state index contributed by atoms with van der Waals surface area (Å²) in [5.41, 5.74) is 0.633. The summed E-state index contributed by atoms with van der Waals surface area (Å²) < 4.78 is 0. The van der Waals surface area contributed by atoms with E-state index in [0.717, 1.165) is 17.1 Å². The van der Waals surface area contributed by atoms with Gasteiger partial charge in [-0.05, 0) is 16.8 Å². The van der Waals surface area contributed by atoms with Crippen LogP contribution in [0.3, 0.4) is 0 Å². The van der Waals surface area contributed by atoms with Gasteiger partial charge in [0.1, 0.15) is 0 Å². The van der Waals surface area contributed by atoms with Crippen LogP contribution in [0.4, 0.5) is 0 Å². The van der Waals surface area contributed by atoms with E-state index in [1.807, 2.05) is 30.3 Å². The van der Waals surface area contributed by atoms with Crippen molar-refractivity contribution in [3.8, 4) is 0 Å². The lowest BCUT2D eigenvalue weighted by Gasteiger charge is -1.97. The molecule has 2 aromatic carbocycles. The molecule has 0 saturated carbocycles. The minimum absolute atomic E-state index is 0.633. The van der Waals surface area contributed by atoms with Gasteiger partial charge in [-0.15, -0.1) is 0 Å². The number of rotatable bonds is 1. The summed E-state index contributed by atoms with van der Waals surface area (Å²) in [5, 5.41) is 2.05. The summed E-state index contributed by atoms with van der Waals surface area (Å²) in [7, 11) is 0. The van der Waals surface area contributed by atoms with Crippen molar-refractivity contribution in [2.75, 3.05) is 0 Å². The highest BCUT2D eigenvalue weighted by molar-refractivity contribution is 5.97. The zero-order valence-corrected chi connectivity index (χ0v) is 6.45. The molecule has 1 radical (unpaired) electrons. The third-order valence-electron chi connectivity index (χ3n) is 1.87. The first-order chi connectivity index (χ1) is 5.92. The van der Waals surface area contributed by atoms with E-state index in [2.05, 4.69) is 6.07 Å². The Bertz CT molecular complexity index is 413. The standard InChI is InChI=1S/C11H7O/c12-8-10-6-3-5-9-4-1-2-7-11(9)10/h1-5,7-8H. The van der Waals surface area contributed by atoms with Gasteiger partial charge >= 0.3 is 0 Å². The Morgan fingerprint density at radius 2 is 2.00 bits per heavy atom. The summed E-state index contributed by atoms with van der Waals surface area (Å²) in [5.74, 6) is 0. The molecule has 0 amide bonds. The number of aldehydes is 1. The van der Waals surface area contributed by atoms with E-state index in [1.54, 1.807) is 6.07 Å². The normalized spacial score (nSPS) is 10.0. The third kappa shape index (κ3) is 0.996. The Labute approximate surface area is 70.6 Å². The monoisotopic (exact) mass is 155 g/mol. The molecule has 0 aromatic heterocycles. The molecule has 0 aliphatic heterocycles. The van der Waals surface area contributed by atoms with E-state index in [-0.39, 0.29) is 0 Å². The van der Waals surface area contributed by atoms with Gasteiger partial charge in [0.2, 0.25) is 0 Å². The lowest BCUT2D eigenvalue weighted by molar-refractivity contribution is 0.112. The van der Waals surface area contributed by atoms with Gasteiger partial charge in [0.25, 0.3) is 0 Å². The number of hydrogen-bond acceptors (Lipinski definition) is 1. The first-order valence-corrected chi connectivity index (χ1v) is 3.76. The van der Waals surface area contributed by atoms with Crippen molar-refractivity contribution in [3.05, 3.63) is 48.0 Å². The van der Waals surface area contributed by atoms with Crippen molar-refractivity contribution in [2.45, 2.75) is 0 Å². The van der Waals surface area contributed by atoms with Crippen LogP contribution in [-0.4, -0.2) is 6.29 Å². The maximum atomic E-state index is 10.6. The average molecular weight is 155 g/mol. The fraction of sp³-hybridized carbons (Fsp3) is 0. The molecule has 0 aliphatic rings. The van der Waals surface area contributed by atoms with Crippen LogP contribution in [0.1, 0.15) is 10.4 Å². The van der Waals surface area contributed by atoms with Crippen LogP contribution in [0.25, 0.3) is 10.8 Å². The molecule has 0 saturated heterocycles. The molecule has 2 rings (SSSR count). The second kappa shape index (κ2) is 2.78. The Morgan fingerprint density at radius 1 is 1.17 bits per heavy atom. The van der Waals surface area contributed by atoms with Crippen LogP contribution in [0.15, 0.2) is 36.4 Å². The van der Waals surface area contributed by atoms with E-state index < -0.39 is 0 Å². The van der Waals surface area contributed by atoms with Crippen molar-refractivity contribution in [1.82, 2.24) is 0 Å². The molecule has 0 aliphatic carbocycles. The summed E-state index contributed by atoms with van der Waals surface area (Å²) in [4.78, 5) is 10.6. The van der Waals surface area contributed by atoms with Gasteiger partial charge in [-0.3, -0.25) is 4.79 Å². The van der Waals surface area contributed by atoms with Crippen molar-refractivity contribution in [1.29, 1.82) is 0 Å². The second-order valence-electron chi connectivity index (χ2n) is 2.60. The zero-order chi connectivity index (χ0) is 8.39. The van der Waals surface area contributed by atoms with E-state index >= 15 is 0 Å². The first kappa shape index (κ1) is 7.04. The minimum atomic E-state index is 0.633. The molecule has 0 bridgehead atoms. The van der Waals surface area contributed by atoms with Crippen molar-refractivity contribution < 1.29 is 4.79 Å². The molecule has 0 N–H and O–H groups in total. The third-order valence-corrected chi connectivity index (χ3v) is 1.87. The Balaban J connectivity index is 2.88. The largest absolute Gasteiger partial charge is 0.298 e. The van der Waals surface area contributed by atoms with Crippen molar-refractivity contribution in [3.63, 3.8) is 0 Å². The fourth-order valence-electron chi connectivity index (χ4n) is 1.28. The van der Waals surface area contributed by atoms with Crippen LogP contribution >= 0.6 is 0 Å². The van der Waals surface area contributed by atoms with E-state index in [0.29, 0.717) is 5.56 Å². The summed E-state index contributed by atoms with van der Waals surface area (Å²) >= 11 is 0. The molecule has 0 atom stereocenters. The highest BCUT2D eigenvalue weighted by Gasteiger charge is 1.96. The van der Waals surface area contributed by atoms with Crippen molar-refractivity contribution in [2.24, 2.45) is 0 Å². The predicted molar refractivity (Wildman–Crippen MR) is 48.2 cm³/mol. The summed E-state index contributed by atoms with van der Waals surface area (Å²) in [6, 6.07) is 14.4. The number of benzene rings is 2. The van der Waals surface area contributed by atoms with Crippen LogP contribution in [0.5, 0.6) is 0 Å². The molecule has 2 aromatic rings. The topological polar surface area (TPSA) is 17.1 Å². The van der Waals surface area contributed by atoms with E-state index in [9.17, 15) is 4.79 Å². The van der Waals surface area contributed by atoms with Gasteiger partial charge in [-0.25, -0.2) is 0 Å². The van der Waals surface area contributed by atoms with E-state index in [1.165, 1.54) is 0 Å². The number of carbonyl (C=O) groups is 1. The Morgan fingerprint density at radius 3 is 2.83 bits per heavy atom. The molecule has 0 heterocycles. The Kier molecular flexibility index (Phi) is 1.63. The maximum absolute atomic E-state index is 10.6. The van der Waals surface area contributed by atoms with Gasteiger partial charge in [0, 0.05) is 5.56 Å². The summed E-state index contributed by atoms with van der Waals surface area (Å²) in [6.45, 7) is 0. The molecule has 12 heavy (non-hydrogen) atoms.